The number of hydrogen-bond acceptors (Lipinski definition) is 6. The Balaban J connectivity index is 1.10. The Morgan fingerprint density at radius 1 is 1.03 bits per heavy atom. The van der Waals surface area contributed by atoms with E-state index in [2.05, 4.69) is 27.1 Å². The molecule has 0 bridgehead atoms. The lowest BCUT2D eigenvalue weighted by Crippen LogP contribution is -2.55. The second kappa shape index (κ2) is 8.96. The molecule has 0 radical (unpaired) electrons. The van der Waals surface area contributed by atoms with Gasteiger partial charge in [0, 0.05) is 63.4 Å². The van der Waals surface area contributed by atoms with E-state index in [1.54, 1.807) is 0 Å². The van der Waals surface area contributed by atoms with Crippen LogP contribution in [0.5, 0.6) is 11.5 Å². The summed E-state index contributed by atoms with van der Waals surface area (Å²) in [6, 6.07) is 6.43. The summed E-state index contributed by atoms with van der Waals surface area (Å²) in [5, 5.41) is 3.05. The van der Waals surface area contributed by atoms with Gasteiger partial charge in [-0.2, -0.15) is 0 Å². The van der Waals surface area contributed by atoms with Gasteiger partial charge in [-0.15, -0.1) is 0 Å². The lowest BCUT2D eigenvalue weighted by atomic mass is 9.94. The zero-order chi connectivity index (χ0) is 21.3. The fraction of sp³-hybridized carbons (Fsp3) is 0.708. The van der Waals surface area contributed by atoms with E-state index in [4.69, 9.17) is 9.47 Å². The monoisotopic (exact) mass is 428 g/mol. The summed E-state index contributed by atoms with van der Waals surface area (Å²) < 4.78 is 12.3. The summed E-state index contributed by atoms with van der Waals surface area (Å²) in [5.74, 6) is 1.11. The number of likely N-dealkylation sites (tertiary alicyclic amines) is 1. The lowest BCUT2D eigenvalue weighted by molar-refractivity contribution is -0.117. The Morgan fingerprint density at radius 3 is 2.58 bits per heavy atom. The molecular formula is C24H36N4O3. The fourth-order valence-electron chi connectivity index (χ4n) is 5.59. The minimum absolute atomic E-state index is 0.0390. The SMILES string of the molecule is CN1CCCC(N2CCN(CC(=O)Nc3ccc4c(c3)OC3(CCCCC3)O4)CC2)C1. The van der Waals surface area contributed by atoms with Gasteiger partial charge in [-0.1, -0.05) is 6.42 Å². The predicted molar refractivity (Wildman–Crippen MR) is 121 cm³/mol. The number of ether oxygens (including phenoxy) is 2. The van der Waals surface area contributed by atoms with Crippen molar-refractivity contribution in [2.45, 2.75) is 56.8 Å². The van der Waals surface area contributed by atoms with Crippen molar-refractivity contribution in [1.82, 2.24) is 14.7 Å². The molecule has 2 saturated heterocycles. The van der Waals surface area contributed by atoms with E-state index in [1.165, 1.54) is 32.4 Å². The van der Waals surface area contributed by atoms with Crippen molar-refractivity contribution in [3.05, 3.63) is 18.2 Å². The molecule has 3 heterocycles. The van der Waals surface area contributed by atoms with Crippen molar-refractivity contribution in [2.24, 2.45) is 0 Å². The zero-order valence-corrected chi connectivity index (χ0v) is 18.8. The highest BCUT2D eigenvalue weighted by Crippen LogP contribution is 2.46. The molecule has 31 heavy (non-hydrogen) atoms. The number of hydrogen-bond donors (Lipinski definition) is 1. The van der Waals surface area contributed by atoms with Crippen LogP contribution in [0.3, 0.4) is 0 Å². The Hall–Kier alpha value is -1.83. The maximum Gasteiger partial charge on any atom is 0.251 e. The summed E-state index contributed by atoms with van der Waals surface area (Å²) in [5.41, 5.74) is 0.782. The van der Waals surface area contributed by atoms with Gasteiger partial charge in [0.25, 0.3) is 5.79 Å². The molecule has 1 amide bonds. The number of nitrogens with one attached hydrogen (secondary N) is 1. The fourth-order valence-corrected chi connectivity index (χ4v) is 5.59. The van der Waals surface area contributed by atoms with Gasteiger partial charge in [0.15, 0.2) is 11.5 Å². The number of likely N-dealkylation sites (N-methyl/N-ethyl adjacent to an activating group) is 1. The van der Waals surface area contributed by atoms with Crippen LogP contribution in [-0.2, 0) is 4.79 Å². The molecule has 1 aromatic rings. The number of amides is 1. The van der Waals surface area contributed by atoms with E-state index in [9.17, 15) is 4.79 Å². The van der Waals surface area contributed by atoms with Crippen LogP contribution >= 0.6 is 0 Å². The van der Waals surface area contributed by atoms with E-state index in [0.29, 0.717) is 12.6 Å². The summed E-state index contributed by atoms with van der Waals surface area (Å²) in [4.78, 5) is 20.0. The molecular weight excluding hydrogens is 392 g/mol. The number of carbonyl (C=O) groups excluding carboxylic acids is 1. The first kappa shape index (κ1) is 21.0. The van der Waals surface area contributed by atoms with Crippen molar-refractivity contribution < 1.29 is 14.3 Å². The van der Waals surface area contributed by atoms with Crippen LogP contribution in [0, 0.1) is 0 Å². The first-order chi connectivity index (χ1) is 15.1. The topological polar surface area (TPSA) is 57.3 Å². The van der Waals surface area contributed by atoms with E-state index in [1.807, 2.05) is 18.2 Å². The average molecular weight is 429 g/mol. The van der Waals surface area contributed by atoms with Crippen molar-refractivity contribution in [2.75, 3.05) is 58.2 Å². The normalized spacial score (nSPS) is 26.8. The number of carbonyl (C=O) groups is 1. The van der Waals surface area contributed by atoms with Crippen LogP contribution in [0.4, 0.5) is 5.69 Å². The van der Waals surface area contributed by atoms with E-state index >= 15 is 0 Å². The van der Waals surface area contributed by atoms with Crippen LogP contribution in [-0.4, -0.2) is 85.3 Å². The van der Waals surface area contributed by atoms with E-state index in [0.717, 1.165) is 69.0 Å². The Kier molecular flexibility index (Phi) is 6.08. The van der Waals surface area contributed by atoms with Gasteiger partial charge in [0.05, 0.1) is 6.54 Å². The van der Waals surface area contributed by atoms with Gasteiger partial charge in [-0.05, 0) is 51.4 Å². The van der Waals surface area contributed by atoms with E-state index < -0.39 is 5.79 Å². The molecule has 1 unspecified atom stereocenters. The minimum Gasteiger partial charge on any atom is -0.448 e. The number of piperidine rings is 1. The molecule has 170 valence electrons. The van der Waals surface area contributed by atoms with Crippen LogP contribution in [0.25, 0.3) is 0 Å². The van der Waals surface area contributed by atoms with Gasteiger partial charge in [-0.25, -0.2) is 0 Å². The summed E-state index contributed by atoms with van der Waals surface area (Å²) in [6.45, 7) is 6.85. The van der Waals surface area contributed by atoms with Gasteiger partial charge >= 0.3 is 0 Å². The number of rotatable bonds is 4. The molecule has 4 aliphatic rings. The molecule has 7 heteroatoms. The van der Waals surface area contributed by atoms with Crippen LogP contribution in [0.1, 0.15) is 44.9 Å². The Morgan fingerprint density at radius 2 is 1.81 bits per heavy atom. The molecule has 1 saturated carbocycles. The zero-order valence-electron chi connectivity index (χ0n) is 18.8. The third kappa shape index (κ3) is 4.83. The highest BCUT2D eigenvalue weighted by molar-refractivity contribution is 5.92. The van der Waals surface area contributed by atoms with E-state index in [-0.39, 0.29) is 5.91 Å². The van der Waals surface area contributed by atoms with Gasteiger partial charge < -0.3 is 19.7 Å². The lowest BCUT2D eigenvalue weighted by Gasteiger charge is -2.42. The first-order valence-corrected chi connectivity index (χ1v) is 12.1. The standard InChI is InChI=1S/C24H36N4O3/c1-26-11-5-6-20(17-26)28-14-12-27(13-15-28)18-23(29)25-19-7-8-21-22(16-19)31-24(30-21)9-3-2-4-10-24/h7-8,16,20H,2-6,9-15,17-18H2,1H3,(H,25,29). The molecule has 0 aromatic heterocycles. The molecule has 1 aliphatic carbocycles. The molecule has 3 fully saturated rings. The molecule has 7 nitrogen and oxygen atoms in total. The first-order valence-electron chi connectivity index (χ1n) is 12.1. The van der Waals surface area contributed by atoms with Gasteiger partial charge in [0.1, 0.15) is 0 Å². The number of fused-ring (bicyclic) bond motifs is 1. The third-order valence-electron chi connectivity index (χ3n) is 7.32. The maximum atomic E-state index is 12.7. The van der Waals surface area contributed by atoms with Crippen LogP contribution in [0.15, 0.2) is 18.2 Å². The predicted octanol–water partition coefficient (Wildman–Crippen LogP) is 2.77. The third-order valence-corrected chi connectivity index (χ3v) is 7.32. The van der Waals surface area contributed by atoms with Crippen LogP contribution < -0.4 is 14.8 Å². The molecule has 1 N–H and O–H groups in total. The number of anilines is 1. The molecule has 5 rings (SSSR count). The number of nitrogens with zero attached hydrogens (tertiary/aromatic N) is 3. The van der Waals surface area contributed by atoms with Gasteiger partial charge in [-0.3, -0.25) is 14.6 Å². The summed E-state index contributed by atoms with van der Waals surface area (Å²) in [7, 11) is 2.22. The highest BCUT2D eigenvalue weighted by Gasteiger charge is 2.42. The average Bonchev–Trinajstić information content (AvgIpc) is 3.11. The van der Waals surface area contributed by atoms with Gasteiger partial charge in [0.2, 0.25) is 5.91 Å². The van der Waals surface area contributed by atoms with Crippen molar-refractivity contribution >= 4 is 11.6 Å². The smallest absolute Gasteiger partial charge is 0.251 e. The molecule has 1 spiro atoms. The second-order valence-corrected chi connectivity index (χ2v) is 9.76. The van der Waals surface area contributed by atoms with Crippen molar-refractivity contribution in [1.29, 1.82) is 0 Å². The molecule has 3 aliphatic heterocycles. The highest BCUT2D eigenvalue weighted by atomic mass is 16.7. The quantitative estimate of drug-likeness (QED) is 0.796. The Labute approximate surface area is 185 Å². The van der Waals surface area contributed by atoms with Crippen molar-refractivity contribution in [3.8, 4) is 11.5 Å². The minimum atomic E-state index is -0.476. The second-order valence-electron chi connectivity index (χ2n) is 9.76. The summed E-state index contributed by atoms with van der Waals surface area (Å²) in [6.07, 6.45) is 8.00. The maximum absolute atomic E-state index is 12.7. The summed E-state index contributed by atoms with van der Waals surface area (Å²) >= 11 is 0. The van der Waals surface area contributed by atoms with Crippen LogP contribution in [0.2, 0.25) is 0 Å². The Bertz CT molecular complexity index is 787. The largest absolute Gasteiger partial charge is 0.448 e. The van der Waals surface area contributed by atoms with Crippen molar-refractivity contribution in [3.63, 3.8) is 0 Å². The number of benzene rings is 1. The molecule has 1 atom stereocenters. The molecule has 1 aromatic carbocycles. The number of piperazine rings is 1.